The molecule has 0 aliphatic carbocycles. The van der Waals surface area contributed by atoms with Crippen LogP contribution in [0.3, 0.4) is 0 Å². The van der Waals surface area contributed by atoms with E-state index in [-0.39, 0.29) is 11.9 Å². The van der Waals surface area contributed by atoms with Gasteiger partial charge in [0.2, 0.25) is 5.91 Å². The molecule has 4 nitrogen and oxygen atoms in total. The van der Waals surface area contributed by atoms with Crippen molar-refractivity contribution in [2.45, 2.75) is 33.2 Å². The molecular formula is C16H22N2O2. The molecule has 2 unspecified atom stereocenters. The van der Waals surface area contributed by atoms with Crippen LogP contribution in [-0.4, -0.2) is 12.5 Å². The fourth-order valence-electron chi connectivity index (χ4n) is 2.06. The van der Waals surface area contributed by atoms with Gasteiger partial charge >= 0.3 is 0 Å². The van der Waals surface area contributed by atoms with Crippen LogP contribution in [0.2, 0.25) is 0 Å². The highest BCUT2D eigenvalue weighted by atomic mass is 16.3. The van der Waals surface area contributed by atoms with Crippen molar-refractivity contribution >= 4 is 16.9 Å². The van der Waals surface area contributed by atoms with Crippen molar-refractivity contribution in [2.24, 2.45) is 11.1 Å². The quantitative estimate of drug-likeness (QED) is 0.880. The van der Waals surface area contributed by atoms with E-state index in [0.29, 0.717) is 13.0 Å². The number of para-hydroxylation sites is 1. The number of carbonyl (C=O) groups is 1. The Kier molecular flexibility index (Phi) is 4.14. The van der Waals surface area contributed by atoms with Crippen LogP contribution >= 0.6 is 0 Å². The molecule has 2 rings (SSSR count). The Labute approximate surface area is 119 Å². The van der Waals surface area contributed by atoms with Crippen molar-refractivity contribution in [1.29, 1.82) is 0 Å². The van der Waals surface area contributed by atoms with E-state index in [4.69, 9.17) is 10.2 Å². The van der Waals surface area contributed by atoms with Crippen LogP contribution in [0.5, 0.6) is 0 Å². The average Bonchev–Trinajstić information content (AvgIpc) is 2.90. The Hall–Kier alpha value is -1.81. The van der Waals surface area contributed by atoms with Gasteiger partial charge in [-0.15, -0.1) is 0 Å². The van der Waals surface area contributed by atoms with E-state index in [1.165, 1.54) is 0 Å². The average molecular weight is 274 g/mol. The lowest BCUT2D eigenvalue weighted by molar-refractivity contribution is -0.130. The van der Waals surface area contributed by atoms with Crippen molar-refractivity contribution in [1.82, 2.24) is 5.32 Å². The minimum Gasteiger partial charge on any atom is -0.459 e. The molecule has 1 aromatic carbocycles. The molecule has 2 aromatic rings. The van der Waals surface area contributed by atoms with Gasteiger partial charge in [-0.3, -0.25) is 4.79 Å². The van der Waals surface area contributed by atoms with Crippen molar-refractivity contribution < 1.29 is 9.21 Å². The third-order valence-corrected chi connectivity index (χ3v) is 4.00. The topological polar surface area (TPSA) is 68.3 Å². The lowest BCUT2D eigenvalue weighted by Crippen LogP contribution is -2.44. The maximum Gasteiger partial charge on any atom is 0.227 e. The lowest BCUT2D eigenvalue weighted by Gasteiger charge is -2.26. The first-order valence-corrected chi connectivity index (χ1v) is 6.99. The number of amides is 1. The van der Waals surface area contributed by atoms with Gasteiger partial charge in [-0.2, -0.15) is 0 Å². The first-order chi connectivity index (χ1) is 9.50. The Balaban J connectivity index is 2.15. The predicted octanol–water partition coefficient (Wildman–Crippen LogP) is 2.99. The highest BCUT2D eigenvalue weighted by Crippen LogP contribution is 2.25. The van der Waals surface area contributed by atoms with Crippen molar-refractivity contribution in [3.63, 3.8) is 0 Å². The van der Waals surface area contributed by atoms with Gasteiger partial charge in [0.25, 0.3) is 0 Å². The first-order valence-electron chi connectivity index (χ1n) is 6.99. The smallest absolute Gasteiger partial charge is 0.227 e. The third-order valence-electron chi connectivity index (χ3n) is 4.00. The standard InChI is InChI=1S/C16H22N2O2/c1-4-16(3,10-17)15(19)18-11(2)14-9-12-7-5-6-8-13(12)20-14/h5-9,11H,4,10,17H2,1-3H3,(H,18,19). The van der Waals surface area contributed by atoms with Crippen LogP contribution in [0.15, 0.2) is 34.7 Å². The molecule has 0 saturated heterocycles. The van der Waals surface area contributed by atoms with Gasteiger partial charge in [0.15, 0.2) is 0 Å². The van der Waals surface area contributed by atoms with Crippen LogP contribution in [0.25, 0.3) is 11.0 Å². The van der Waals surface area contributed by atoms with E-state index in [9.17, 15) is 4.79 Å². The molecule has 0 radical (unpaired) electrons. The summed E-state index contributed by atoms with van der Waals surface area (Å²) >= 11 is 0. The fraction of sp³-hybridized carbons (Fsp3) is 0.438. The van der Waals surface area contributed by atoms with Gasteiger partial charge in [0.05, 0.1) is 11.5 Å². The van der Waals surface area contributed by atoms with Crippen LogP contribution in [0, 0.1) is 5.41 Å². The number of fused-ring (bicyclic) bond motifs is 1. The van der Waals surface area contributed by atoms with E-state index in [2.05, 4.69) is 5.32 Å². The molecule has 0 aliphatic rings. The summed E-state index contributed by atoms with van der Waals surface area (Å²) in [7, 11) is 0. The molecule has 1 aromatic heterocycles. The minimum absolute atomic E-state index is 0.0320. The van der Waals surface area contributed by atoms with Crippen LogP contribution < -0.4 is 11.1 Å². The number of hydrogen-bond acceptors (Lipinski definition) is 3. The summed E-state index contributed by atoms with van der Waals surface area (Å²) in [4.78, 5) is 12.3. The fourth-order valence-corrected chi connectivity index (χ4v) is 2.06. The molecule has 0 saturated carbocycles. The van der Waals surface area contributed by atoms with Crippen LogP contribution in [0.4, 0.5) is 0 Å². The molecule has 1 heterocycles. The SMILES string of the molecule is CCC(C)(CN)C(=O)NC(C)c1cc2ccccc2o1. The molecule has 0 fully saturated rings. The molecule has 1 amide bonds. The van der Waals surface area contributed by atoms with Gasteiger partial charge in [-0.05, 0) is 32.4 Å². The van der Waals surface area contributed by atoms with E-state index >= 15 is 0 Å². The molecule has 0 bridgehead atoms. The monoisotopic (exact) mass is 274 g/mol. The molecule has 0 spiro atoms. The summed E-state index contributed by atoms with van der Waals surface area (Å²) in [6, 6.07) is 9.60. The number of nitrogens with one attached hydrogen (secondary N) is 1. The second-order valence-electron chi connectivity index (χ2n) is 5.50. The van der Waals surface area contributed by atoms with Gasteiger partial charge < -0.3 is 15.5 Å². The summed E-state index contributed by atoms with van der Waals surface area (Å²) in [5.74, 6) is 0.727. The largest absolute Gasteiger partial charge is 0.459 e. The molecule has 108 valence electrons. The summed E-state index contributed by atoms with van der Waals surface area (Å²) in [5.41, 5.74) is 6.02. The second-order valence-corrected chi connectivity index (χ2v) is 5.50. The molecule has 2 atom stereocenters. The number of carbonyl (C=O) groups excluding carboxylic acids is 1. The molecule has 0 aliphatic heterocycles. The maximum atomic E-state index is 12.3. The van der Waals surface area contributed by atoms with Gasteiger partial charge in [0, 0.05) is 11.9 Å². The Morgan fingerprint density at radius 2 is 2.15 bits per heavy atom. The van der Waals surface area contributed by atoms with Crippen LogP contribution in [-0.2, 0) is 4.79 Å². The summed E-state index contributed by atoms with van der Waals surface area (Å²) in [6.07, 6.45) is 0.710. The number of nitrogens with two attached hydrogens (primary N) is 1. The summed E-state index contributed by atoms with van der Waals surface area (Å²) in [6.45, 7) is 6.11. The van der Waals surface area contributed by atoms with Crippen molar-refractivity contribution in [2.75, 3.05) is 6.54 Å². The van der Waals surface area contributed by atoms with Crippen molar-refractivity contribution in [3.05, 3.63) is 36.1 Å². The second kappa shape index (κ2) is 5.67. The van der Waals surface area contributed by atoms with Crippen molar-refractivity contribution in [3.8, 4) is 0 Å². The maximum absolute atomic E-state index is 12.3. The van der Waals surface area contributed by atoms with Gasteiger partial charge in [-0.1, -0.05) is 25.1 Å². The Morgan fingerprint density at radius 1 is 1.45 bits per heavy atom. The molecule has 4 heteroatoms. The predicted molar refractivity (Wildman–Crippen MR) is 80.2 cm³/mol. The highest BCUT2D eigenvalue weighted by Gasteiger charge is 2.31. The van der Waals surface area contributed by atoms with Gasteiger partial charge in [0.1, 0.15) is 11.3 Å². The van der Waals surface area contributed by atoms with E-state index < -0.39 is 5.41 Å². The number of rotatable bonds is 5. The zero-order valence-corrected chi connectivity index (χ0v) is 12.3. The summed E-state index contributed by atoms with van der Waals surface area (Å²) in [5, 5.41) is 4.03. The lowest BCUT2D eigenvalue weighted by atomic mass is 9.86. The highest BCUT2D eigenvalue weighted by molar-refractivity contribution is 5.83. The Morgan fingerprint density at radius 3 is 2.75 bits per heavy atom. The van der Waals surface area contributed by atoms with Gasteiger partial charge in [-0.25, -0.2) is 0 Å². The zero-order valence-electron chi connectivity index (χ0n) is 12.3. The molecule has 20 heavy (non-hydrogen) atoms. The zero-order chi connectivity index (χ0) is 14.8. The number of benzene rings is 1. The van der Waals surface area contributed by atoms with E-state index in [1.807, 2.05) is 51.1 Å². The van der Waals surface area contributed by atoms with Crippen LogP contribution in [0.1, 0.15) is 39.0 Å². The first kappa shape index (κ1) is 14.6. The van der Waals surface area contributed by atoms with E-state index in [0.717, 1.165) is 16.7 Å². The third kappa shape index (κ3) is 2.70. The molecule has 3 N–H and O–H groups in total. The summed E-state index contributed by atoms with van der Waals surface area (Å²) < 4.78 is 5.76. The Bertz CT molecular complexity index is 566. The normalized spacial score (nSPS) is 15.8. The minimum atomic E-state index is -0.528. The van der Waals surface area contributed by atoms with E-state index in [1.54, 1.807) is 0 Å². The number of furan rings is 1. The number of hydrogen-bond donors (Lipinski definition) is 2. The molecular weight excluding hydrogens is 252 g/mol.